The number of rotatable bonds is 7. The van der Waals surface area contributed by atoms with Crippen molar-refractivity contribution in [3.05, 3.63) is 35.4 Å². The average Bonchev–Trinajstić information content (AvgIpc) is 2.70. The normalized spacial score (nSPS) is 20.2. The first-order valence-electron chi connectivity index (χ1n) is 10.3. The van der Waals surface area contributed by atoms with Crippen molar-refractivity contribution in [2.45, 2.75) is 45.4 Å². The Kier molecular flexibility index (Phi) is 8.62. The van der Waals surface area contributed by atoms with Gasteiger partial charge in [-0.05, 0) is 48.8 Å². The van der Waals surface area contributed by atoms with Crippen molar-refractivity contribution in [2.75, 3.05) is 34.2 Å². The number of guanidine groups is 1. The Labute approximate surface area is 164 Å². The zero-order valence-corrected chi connectivity index (χ0v) is 17.4. The van der Waals surface area contributed by atoms with Crippen LogP contribution in [0.3, 0.4) is 0 Å². The lowest BCUT2D eigenvalue weighted by atomic mass is 9.81. The van der Waals surface area contributed by atoms with E-state index in [1.54, 1.807) is 19.0 Å². The van der Waals surface area contributed by atoms with Crippen molar-refractivity contribution < 1.29 is 4.79 Å². The maximum atomic E-state index is 12.1. The van der Waals surface area contributed by atoms with Gasteiger partial charge in [-0.25, -0.2) is 0 Å². The van der Waals surface area contributed by atoms with Gasteiger partial charge in [-0.1, -0.05) is 38.3 Å². The highest BCUT2D eigenvalue weighted by atomic mass is 16.2. The molecule has 0 unspecified atom stereocenters. The third-order valence-corrected chi connectivity index (χ3v) is 5.61. The molecule has 1 amide bonds. The molecule has 27 heavy (non-hydrogen) atoms. The number of hydrogen-bond acceptors (Lipinski definition) is 2. The van der Waals surface area contributed by atoms with Gasteiger partial charge in [-0.15, -0.1) is 0 Å². The molecule has 2 rings (SSSR count). The fraction of sp³-hybridized carbons (Fsp3) is 0.636. The first kappa shape index (κ1) is 21.3. The number of carbonyl (C=O) groups excluding carboxylic acids is 1. The van der Waals surface area contributed by atoms with Gasteiger partial charge in [0.1, 0.15) is 0 Å². The Morgan fingerprint density at radius 1 is 1.15 bits per heavy atom. The van der Waals surface area contributed by atoms with Crippen LogP contribution in [-0.4, -0.2) is 51.0 Å². The zero-order valence-electron chi connectivity index (χ0n) is 17.4. The highest BCUT2D eigenvalue weighted by Gasteiger charge is 2.19. The molecule has 0 radical (unpaired) electrons. The minimum Gasteiger partial charge on any atom is -0.356 e. The SMILES string of the molecule is CCC1CCC(CNC(=NC)NCCc2cccc(C(=O)N(C)C)c2)CC1. The Hall–Kier alpha value is -2.04. The molecule has 5 heteroatoms. The van der Waals surface area contributed by atoms with Crippen molar-refractivity contribution >= 4 is 11.9 Å². The highest BCUT2D eigenvalue weighted by molar-refractivity contribution is 5.94. The predicted molar refractivity (Wildman–Crippen MR) is 113 cm³/mol. The number of benzene rings is 1. The van der Waals surface area contributed by atoms with Crippen LogP contribution in [0, 0.1) is 11.8 Å². The standard InChI is InChI=1S/C22H36N4O/c1-5-17-9-11-19(12-10-17)16-25-22(23-2)24-14-13-18-7-6-8-20(15-18)21(27)26(3)4/h6-8,15,17,19H,5,9-14,16H2,1-4H3,(H2,23,24,25). The molecule has 1 aliphatic carbocycles. The highest BCUT2D eigenvalue weighted by Crippen LogP contribution is 2.30. The second-order valence-corrected chi connectivity index (χ2v) is 7.82. The van der Waals surface area contributed by atoms with E-state index >= 15 is 0 Å². The van der Waals surface area contributed by atoms with Gasteiger partial charge in [0.2, 0.25) is 0 Å². The number of hydrogen-bond donors (Lipinski definition) is 2. The van der Waals surface area contributed by atoms with Crippen molar-refractivity contribution in [1.82, 2.24) is 15.5 Å². The van der Waals surface area contributed by atoms with Crippen molar-refractivity contribution in [2.24, 2.45) is 16.8 Å². The quantitative estimate of drug-likeness (QED) is 0.570. The summed E-state index contributed by atoms with van der Waals surface area (Å²) in [4.78, 5) is 18.0. The van der Waals surface area contributed by atoms with E-state index in [9.17, 15) is 4.79 Å². The lowest BCUT2D eigenvalue weighted by molar-refractivity contribution is 0.0827. The molecule has 1 saturated carbocycles. The fourth-order valence-electron chi connectivity index (χ4n) is 3.75. The smallest absolute Gasteiger partial charge is 0.253 e. The van der Waals surface area contributed by atoms with Gasteiger partial charge in [0, 0.05) is 39.8 Å². The van der Waals surface area contributed by atoms with E-state index in [1.807, 2.05) is 25.2 Å². The van der Waals surface area contributed by atoms with Gasteiger partial charge in [0.05, 0.1) is 0 Å². The average molecular weight is 373 g/mol. The predicted octanol–water partition coefficient (Wildman–Crippen LogP) is 3.31. The largest absolute Gasteiger partial charge is 0.356 e. The molecule has 1 aromatic rings. The van der Waals surface area contributed by atoms with Gasteiger partial charge in [-0.2, -0.15) is 0 Å². The van der Waals surface area contributed by atoms with Crippen LogP contribution < -0.4 is 10.6 Å². The summed E-state index contributed by atoms with van der Waals surface area (Å²) in [6.07, 6.45) is 7.58. The first-order valence-corrected chi connectivity index (χ1v) is 10.3. The molecule has 5 nitrogen and oxygen atoms in total. The maximum Gasteiger partial charge on any atom is 0.253 e. The first-order chi connectivity index (χ1) is 13.0. The summed E-state index contributed by atoms with van der Waals surface area (Å²) in [7, 11) is 5.38. The Morgan fingerprint density at radius 3 is 2.48 bits per heavy atom. The lowest BCUT2D eigenvalue weighted by Gasteiger charge is -2.28. The Morgan fingerprint density at radius 2 is 1.85 bits per heavy atom. The molecule has 0 atom stereocenters. The summed E-state index contributed by atoms with van der Waals surface area (Å²) in [6, 6.07) is 7.86. The molecule has 2 N–H and O–H groups in total. The summed E-state index contributed by atoms with van der Waals surface area (Å²) in [5.41, 5.74) is 1.89. The van der Waals surface area contributed by atoms with Crippen LogP contribution in [0.25, 0.3) is 0 Å². The van der Waals surface area contributed by atoms with E-state index in [0.29, 0.717) is 0 Å². The fourth-order valence-corrected chi connectivity index (χ4v) is 3.75. The summed E-state index contributed by atoms with van der Waals surface area (Å²) in [6.45, 7) is 4.10. The minimum atomic E-state index is 0.0417. The number of aliphatic imine (C=N–C) groups is 1. The Balaban J connectivity index is 1.73. The third-order valence-electron chi connectivity index (χ3n) is 5.61. The van der Waals surface area contributed by atoms with Gasteiger partial charge < -0.3 is 15.5 Å². The molecule has 0 aliphatic heterocycles. The van der Waals surface area contributed by atoms with Crippen LogP contribution in [0.2, 0.25) is 0 Å². The van der Waals surface area contributed by atoms with E-state index in [0.717, 1.165) is 48.4 Å². The van der Waals surface area contributed by atoms with Crippen molar-refractivity contribution in [3.8, 4) is 0 Å². The number of amides is 1. The van der Waals surface area contributed by atoms with Gasteiger partial charge in [0.25, 0.3) is 5.91 Å². The van der Waals surface area contributed by atoms with Gasteiger partial charge in [-0.3, -0.25) is 9.79 Å². The number of carbonyl (C=O) groups is 1. The van der Waals surface area contributed by atoms with Crippen LogP contribution in [-0.2, 0) is 6.42 Å². The van der Waals surface area contributed by atoms with Gasteiger partial charge in [0.15, 0.2) is 5.96 Å². The van der Waals surface area contributed by atoms with E-state index in [-0.39, 0.29) is 5.91 Å². The molecule has 0 saturated heterocycles. The van der Waals surface area contributed by atoms with Crippen LogP contribution >= 0.6 is 0 Å². The molecule has 1 aromatic carbocycles. The summed E-state index contributed by atoms with van der Waals surface area (Å²) < 4.78 is 0. The van der Waals surface area contributed by atoms with Crippen LogP contribution in [0.5, 0.6) is 0 Å². The molecule has 150 valence electrons. The maximum absolute atomic E-state index is 12.1. The zero-order chi connectivity index (χ0) is 19.6. The van der Waals surface area contributed by atoms with Crippen LogP contribution in [0.15, 0.2) is 29.3 Å². The molecule has 0 spiro atoms. The second-order valence-electron chi connectivity index (χ2n) is 7.82. The van der Waals surface area contributed by atoms with Crippen molar-refractivity contribution in [1.29, 1.82) is 0 Å². The Bertz CT molecular complexity index is 618. The van der Waals surface area contributed by atoms with Crippen LogP contribution in [0.4, 0.5) is 0 Å². The third kappa shape index (κ3) is 6.89. The molecule has 0 heterocycles. The summed E-state index contributed by atoms with van der Waals surface area (Å²) >= 11 is 0. The molecule has 1 aliphatic rings. The molecule has 0 aromatic heterocycles. The minimum absolute atomic E-state index is 0.0417. The monoisotopic (exact) mass is 372 g/mol. The lowest BCUT2D eigenvalue weighted by Crippen LogP contribution is -2.41. The second kappa shape index (κ2) is 11.0. The number of nitrogens with zero attached hydrogens (tertiary/aromatic N) is 2. The molecule has 1 fully saturated rings. The summed E-state index contributed by atoms with van der Waals surface area (Å²) in [5.74, 6) is 2.61. The van der Waals surface area contributed by atoms with Crippen molar-refractivity contribution in [3.63, 3.8) is 0 Å². The topological polar surface area (TPSA) is 56.7 Å². The molecular weight excluding hydrogens is 336 g/mol. The molecular formula is C22H36N4O. The van der Waals surface area contributed by atoms with E-state index in [2.05, 4.69) is 28.6 Å². The summed E-state index contributed by atoms with van der Waals surface area (Å²) in [5, 5.41) is 6.87. The molecule has 0 bridgehead atoms. The van der Waals surface area contributed by atoms with Gasteiger partial charge >= 0.3 is 0 Å². The van der Waals surface area contributed by atoms with E-state index < -0.39 is 0 Å². The van der Waals surface area contributed by atoms with E-state index in [1.165, 1.54) is 32.1 Å². The van der Waals surface area contributed by atoms with E-state index in [4.69, 9.17) is 0 Å². The number of nitrogens with one attached hydrogen (secondary N) is 2. The van der Waals surface area contributed by atoms with Crippen LogP contribution in [0.1, 0.15) is 54.9 Å².